The summed E-state index contributed by atoms with van der Waals surface area (Å²) < 4.78 is 5.73. The van der Waals surface area contributed by atoms with Gasteiger partial charge in [0.15, 0.2) is 5.96 Å². The normalized spacial score (nSPS) is 31.6. The van der Waals surface area contributed by atoms with Crippen LogP contribution >= 0.6 is 0 Å². The van der Waals surface area contributed by atoms with Crippen LogP contribution in [0.4, 0.5) is 5.69 Å². The van der Waals surface area contributed by atoms with Gasteiger partial charge in [-0.25, -0.2) is 9.79 Å². The first-order valence-corrected chi connectivity index (χ1v) is 9.62. The highest BCUT2D eigenvalue weighted by atomic mass is 16.5. The molecule has 144 valence electrons. The number of nitrogens with zero attached hydrogens (tertiary/aromatic N) is 2. The molecular formula is C20H27N5O2. The number of nitrogens with two attached hydrogens (primary N) is 3. The third kappa shape index (κ3) is 3.91. The number of hydrogen-bond donors (Lipinski definition) is 3. The van der Waals surface area contributed by atoms with Crippen molar-refractivity contribution in [3.05, 3.63) is 29.8 Å². The summed E-state index contributed by atoms with van der Waals surface area (Å²) >= 11 is 0. The molecule has 0 atom stereocenters. The summed E-state index contributed by atoms with van der Waals surface area (Å²) in [6, 6.07) is 6.75. The van der Waals surface area contributed by atoms with E-state index in [-0.39, 0.29) is 23.3 Å². The first-order chi connectivity index (χ1) is 12.9. The van der Waals surface area contributed by atoms with Crippen molar-refractivity contribution in [2.45, 2.75) is 38.5 Å². The molecule has 1 aromatic carbocycles. The van der Waals surface area contributed by atoms with Gasteiger partial charge in [0.1, 0.15) is 0 Å². The van der Waals surface area contributed by atoms with Crippen LogP contribution in [0, 0.1) is 23.2 Å². The van der Waals surface area contributed by atoms with E-state index in [1.165, 1.54) is 38.5 Å². The minimum absolute atomic E-state index is 0.0351. The Labute approximate surface area is 159 Å². The highest BCUT2D eigenvalue weighted by Gasteiger charge is 2.51. The summed E-state index contributed by atoms with van der Waals surface area (Å²) in [7, 11) is 0. The van der Waals surface area contributed by atoms with Gasteiger partial charge in [-0.3, -0.25) is 0 Å². The lowest BCUT2D eigenvalue weighted by Gasteiger charge is -2.56. The standard InChI is InChI=1S/C20H27N5O2/c21-18(22)25-19(23)24-16-3-1-15(2-4-16)17(26)27-11-20-8-12-5-13(9-20)7-14(6-12)10-20/h1-4,12-14H,5-11H2,(H6,21,22,23,24,25). The summed E-state index contributed by atoms with van der Waals surface area (Å²) in [5, 5.41) is 0. The van der Waals surface area contributed by atoms with E-state index in [0.29, 0.717) is 17.9 Å². The monoisotopic (exact) mass is 369 g/mol. The minimum atomic E-state index is -0.279. The third-order valence-corrected chi connectivity index (χ3v) is 6.26. The third-order valence-electron chi connectivity index (χ3n) is 6.26. The predicted molar refractivity (Wildman–Crippen MR) is 104 cm³/mol. The van der Waals surface area contributed by atoms with E-state index in [2.05, 4.69) is 9.98 Å². The number of carbonyl (C=O) groups excluding carboxylic acids is 1. The molecule has 7 nitrogen and oxygen atoms in total. The van der Waals surface area contributed by atoms with Crippen molar-refractivity contribution < 1.29 is 9.53 Å². The molecule has 0 aliphatic heterocycles. The number of ether oxygens (including phenoxy) is 1. The molecule has 4 saturated carbocycles. The van der Waals surface area contributed by atoms with Crippen LogP contribution in [-0.4, -0.2) is 24.5 Å². The lowest BCUT2D eigenvalue weighted by atomic mass is 9.50. The van der Waals surface area contributed by atoms with Crippen molar-refractivity contribution >= 4 is 23.6 Å². The number of hydrogen-bond acceptors (Lipinski definition) is 3. The van der Waals surface area contributed by atoms with Gasteiger partial charge in [0.05, 0.1) is 17.9 Å². The van der Waals surface area contributed by atoms with Gasteiger partial charge in [-0.2, -0.15) is 4.99 Å². The lowest BCUT2D eigenvalue weighted by Crippen LogP contribution is -2.48. The first-order valence-electron chi connectivity index (χ1n) is 9.62. The van der Waals surface area contributed by atoms with Crippen LogP contribution in [-0.2, 0) is 4.74 Å². The van der Waals surface area contributed by atoms with Crippen LogP contribution in [0.2, 0.25) is 0 Å². The molecule has 4 fully saturated rings. The average Bonchev–Trinajstić information content (AvgIpc) is 2.58. The van der Waals surface area contributed by atoms with Gasteiger partial charge in [-0.15, -0.1) is 0 Å². The van der Waals surface area contributed by atoms with E-state index in [1.807, 2.05) is 0 Å². The van der Waals surface area contributed by atoms with E-state index < -0.39 is 0 Å². The van der Waals surface area contributed by atoms with Crippen molar-refractivity contribution in [2.24, 2.45) is 50.4 Å². The molecule has 0 radical (unpaired) electrons. The summed E-state index contributed by atoms with van der Waals surface area (Å²) in [6.45, 7) is 0.548. The molecule has 27 heavy (non-hydrogen) atoms. The van der Waals surface area contributed by atoms with Crippen molar-refractivity contribution in [1.82, 2.24) is 0 Å². The van der Waals surface area contributed by atoms with E-state index in [9.17, 15) is 4.79 Å². The Morgan fingerprint density at radius 1 is 1.00 bits per heavy atom. The Morgan fingerprint density at radius 2 is 1.56 bits per heavy atom. The zero-order chi connectivity index (χ0) is 19.0. The smallest absolute Gasteiger partial charge is 0.338 e. The number of benzene rings is 1. The largest absolute Gasteiger partial charge is 0.462 e. The number of aliphatic imine (C=N–C) groups is 2. The molecular weight excluding hydrogens is 342 g/mol. The number of carbonyl (C=O) groups is 1. The van der Waals surface area contributed by atoms with Crippen LogP contribution in [0.15, 0.2) is 34.3 Å². The molecule has 5 rings (SSSR count). The molecule has 7 heteroatoms. The topological polar surface area (TPSA) is 129 Å². The summed E-state index contributed by atoms with van der Waals surface area (Å²) in [5.41, 5.74) is 17.4. The molecule has 0 amide bonds. The average molecular weight is 369 g/mol. The molecule has 4 aliphatic carbocycles. The summed E-state index contributed by atoms with van der Waals surface area (Å²) in [6.07, 6.45) is 7.84. The van der Waals surface area contributed by atoms with Crippen LogP contribution in [0.25, 0.3) is 0 Å². The van der Waals surface area contributed by atoms with Crippen molar-refractivity contribution in [1.29, 1.82) is 0 Å². The van der Waals surface area contributed by atoms with Gasteiger partial charge in [-0.1, -0.05) is 0 Å². The Kier molecular flexibility index (Phi) is 4.53. The van der Waals surface area contributed by atoms with E-state index >= 15 is 0 Å². The maximum atomic E-state index is 12.5. The summed E-state index contributed by atoms with van der Waals surface area (Å²) in [5.74, 6) is 2.08. The maximum Gasteiger partial charge on any atom is 0.338 e. The number of esters is 1. The Balaban J connectivity index is 1.37. The first kappa shape index (κ1) is 17.8. The van der Waals surface area contributed by atoms with Crippen LogP contribution in [0.3, 0.4) is 0 Å². The van der Waals surface area contributed by atoms with Gasteiger partial charge in [0.2, 0.25) is 5.96 Å². The van der Waals surface area contributed by atoms with Gasteiger partial charge in [0.25, 0.3) is 0 Å². The molecule has 4 bridgehead atoms. The van der Waals surface area contributed by atoms with Crippen molar-refractivity contribution in [3.8, 4) is 0 Å². The molecule has 0 spiro atoms. The summed E-state index contributed by atoms with van der Waals surface area (Å²) in [4.78, 5) is 20.2. The molecule has 0 heterocycles. The lowest BCUT2D eigenvalue weighted by molar-refractivity contribution is -0.0848. The Bertz CT molecular complexity index is 745. The fraction of sp³-hybridized carbons (Fsp3) is 0.550. The van der Waals surface area contributed by atoms with E-state index in [1.54, 1.807) is 24.3 Å². The Morgan fingerprint density at radius 3 is 2.07 bits per heavy atom. The Hall–Kier alpha value is -2.57. The fourth-order valence-corrected chi connectivity index (χ4v) is 5.73. The van der Waals surface area contributed by atoms with Crippen molar-refractivity contribution in [2.75, 3.05) is 6.61 Å². The SMILES string of the molecule is NC(N)=NC(N)=Nc1ccc(C(=O)OCC23CC4CC(CC(C4)C2)C3)cc1. The molecule has 6 N–H and O–H groups in total. The van der Waals surface area contributed by atoms with Gasteiger partial charge >= 0.3 is 5.97 Å². The quantitative estimate of drug-likeness (QED) is 0.426. The van der Waals surface area contributed by atoms with E-state index in [4.69, 9.17) is 21.9 Å². The second-order valence-electron chi connectivity index (χ2n) is 8.55. The molecule has 0 saturated heterocycles. The zero-order valence-electron chi connectivity index (χ0n) is 15.4. The fourth-order valence-electron chi connectivity index (χ4n) is 5.73. The van der Waals surface area contributed by atoms with Crippen molar-refractivity contribution in [3.63, 3.8) is 0 Å². The van der Waals surface area contributed by atoms with Crippen LogP contribution in [0.5, 0.6) is 0 Å². The van der Waals surface area contributed by atoms with E-state index in [0.717, 1.165) is 17.8 Å². The van der Waals surface area contributed by atoms with Gasteiger partial charge < -0.3 is 21.9 Å². The number of rotatable bonds is 4. The molecule has 4 aliphatic rings. The molecule has 0 unspecified atom stereocenters. The zero-order valence-corrected chi connectivity index (χ0v) is 15.4. The molecule has 0 aromatic heterocycles. The molecule has 1 aromatic rings. The maximum absolute atomic E-state index is 12.5. The number of guanidine groups is 2. The van der Waals surface area contributed by atoms with Crippen LogP contribution in [0.1, 0.15) is 48.9 Å². The predicted octanol–water partition coefficient (Wildman–Crippen LogP) is 2.28. The van der Waals surface area contributed by atoms with Gasteiger partial charge in [-0.05, 0) is 80.5 Å². The highest BCUT2D eigenvalue weighted by molar-refractivity contribution is 5.94. The minimum Gasteiger partial charge on any atom is -0.462 e. The van der Waals surface area contributed by atoms with Gasteiger partial charge in [0, 0.05) is 5.41 Å². The highest BCUT2D eigenvalue weighted by Crippen LogP contribution is 2.60. The van der Waals surface area contributed by atoms with Crippen LogP contribution < -0.4 is 17.2 Å². The second-order valence-corrected chi connectivity index (χ2v) is 8.55. The second kappa shape index (κ2) is 6.87.